The highest BCUT2D eigenvalue weighted by molar-refractivity contribution is 6.11. The number of aryl methyl sites for hydroxylation is 1. The molecule has 3 rings (SSSR count). The molecule has 0 aliphatic rings. The predicted octanol–water partition coefficient (Wildman–Crippen LogP) is 3.55. The van der Waals surface area contributed by atoms with E-state index in [0.717, 1.165) is 17.4 Å². The Bertz CT molecular complexity index is 859. The molecule has 0 fully saturated rings. The summed E-state index contributed by atoms with van der Waals surface area (Å²) < 4.78 is 2.02. The lowest BCUT2D eigenvalue weighted by Gasteiger charge is -2.06. The highest BCUT2D eigenvalue weighted by Crippen LogP contribution is 2.26. The maximum absolute atomic E-state index is 12.8. The lowest BCUT2D eigenvalue weighted by Crippen LogP contribution is -2.12. The van der Waals surface area contributed by atoms with Gasteiger partial charge < -0.3 is 4.57 Å². The van der Waals surface area contributed by atoms with Crippen LogP contribution in [0.4, 0.5) is 0 Å². The number of hydrogen-bond donors (Lipinski definition) is 0. The smallest absolute Gasteiger partial charge is 0.188 e. The van der Waals surface area contributed by atoms with Gasteiger partial charge >= 0.3 is 0 Å². The molecule has 2 aromatic heterocycles. The second-order valence-electron chi connectivity index (χ2n) is 5.03. The zero-order chi connectivity index (χ0) is 15.5. The number of pyridine rings is 1. The maximum atomic E-state index is 12.8. The van der Waals surface area contributed by atoms with Crippen molar-refractivity contribution in [3.05, 3.63) is 66.1 Å². The number of carbonyl (C=O) groups is 1. The first-order valence-corrected chi connectivity index (χ1v) is 7.19. The Kier molecular flexibility index (Phi) is 3.71. The van der Waals surface area contributed by atoms with Gasteiger partial charge in [-0.25, -0.2) is 0 Å². The van der Waals surface area contributed by atoms with Gasteiger partial charge in [0.15, 0.2) is 11.7 Å². The highest BCUT2D eigenvalue weighted by atomic mass is 16.1. The van der Waals surface area contributed by atoms with Crippen LogP contribution >= 0.6 is 0 Å². The number of fused-ring (bicyclic) bond motifs is 1. The van der Waals surface area contributed by atoms with Gasteiger partial charge in [0.25, 0.3) is 0 Å². The minimum absolute atomic E-state index is 0.204. The number of Topliss-reactive ketones (excluding diaryl/α,β-unsaturated/α-hetero) is 1. The van der Waals surface area contributed by atoms with E-state index in [1.807, 2.05) is 42.0 Å². The maximum Gasteiger partial charge on any atom is 0.188 e. The summed E-state index contributed by atoms with van der Waals surface area (Å²) in [6, 6.07) is 15.1. The van der Waals surface area contributed by atoms with Crippen molar-refractivity contribution in [3.8, 4) is 6.07 Å². The first-order chi connectivity index (χ1) is 10.8. The van der Waals surface area contributed by atoms with Crippen LogP contribution in [0, 0.1) is 11.3 Å². The van der Waals surface area contributed by atoms with E-state index in [1.54, 1.807) is 24.4 Å². The zero-order valence-corrected chi connectivity index (χ0v) is 12.2. The molecule has 1 atom stereocenters. The van der Waals surface area contributed by atoms with E-state index in [0.29, 0.717) is 11.3 Å². The molecular weight excluding hydrogens is 274 g/mol. The predicted molar refractivity (Wildman–Crippen MR) is 84.5 cm³/mol. The Hall–Kier alpha value is -2.93. The largest absolute Gasteiger partial charge is 0.347 e. The molecule has 0 spiro atoms. The van der Waals surface area contributed by atoms with E-state index in [1.165, 1.54) is 0 Å². The number of rotatable bonds is 4. The normalized spacial score (nSPS) is 12.0. The fourth-order valence-corrected chi connectivity index (χ4v) is 2.67. The van der Waals surface area contributed by atoms with Gasteiger partial charge in [0, 0.05) is 35.4 Å². The van der Waals surface area contributed by atoms with Crippen LogP contribution in [0.25, 0.3) is 10.9 Å². The van der Waals surface area contributed by atoms with Crippen molar-refractivity contribution in [2.24, 2.45) is 0 Å². The summed E-state index contributed by atoms with van der Waals surface area (Å²) >= 11 is 0. The minimum atomic E-state index is -0.877. The molecule has 0 aliphatic heterocycles. The van der Waals surface area contributed by atoms with Crippen LogP contribution in [-0.4, -0.2) is 15.3 Å². The third-order valence-corrected chi connectivity index (χ3v) is 3.77. The van der Waals surface area contributed by atoms with Gasteiger partial charge in [-0.3, -0.25) is 9.78 Å². The molecule has 0 saturated heterocycles. The number of nitriles is 1. The lowest BCUT2D eigenvalue weighted by atomic mass is 9.95. The van der Waals surface area contributed by atoms with Gasteiger partial charge in [-0.15, -0.1) is 0 Å². The van der Waals surface area contributed by atoms with E-state index in [-0.39, 0.29) is 5.78 Å². The fraction of sp³-hybridized carbons (Fsp3) is 0.167. The van der Waals surface area contributed by atoms with Gasteiger partial charge in [0.1, 0.15) is 0 Å². The third-order valence-electron chi connectivity index (χ3n) is 3.77. The molecular formula is C18H15N3O. The molecule has 0 N–H and O–H groups in total. The molecule has 0 unspecified atom stereocenters. The van der Waals surface area contributed by atoms with Crippen LogP contribution in [0.15, 0.2) is 54.9 Å². The van der Waals surface area contributed by atoms with Crippen molar-refractivity contribution < 1.29 is 4.79 Å². The molecule has 0 saturated carbocycles. The molecule has 22 heavy (non-hydrogen) atoms. The van der Waals surface area contributed by atoms with Crippen molar-refractivity contribution in [2.45, 2.75) is 19.4 Å². The van der Waals surface area contributed by atoms with Crippen LogP contribution in [0.1, 0.15) is 28.9 Å². The van der Waals surface area contributed by atoms with Gasteiger partial charge in [0.2, 0.25) is 0 Å². The summed E-state index contributed by atoms with van der Waals surface area (Å²) in [5.74, 6) is -1.08. The average molecular weight is 289 g/mol. The van der Waals surface area contributed by atoms with Crippen molar-refractivity contribution in [1.82, 2.24) is 9.55 Å². The Labute approximate surface area is 128 Å². The molecule has 2 heterocycles. The van der Waals surface area contributed by atoms with Crippen molar-refractivity contribution in [3.63, 3.8) is 0 Å². The minimum Gasteiger partial charge on any atom is -0.347 e. The number of carbonyl (C=O) groups excluding carboxylic acids is 1. The van der Waals surface area contributed by atoms with Crippen LogP contribution < -0.4 is 0 Å². The Morgan fingerprint density at radius 2 is 2.05 bits per heavy atom. The van der Waals surface area contributed by atoms with Crippen molar-refractivity contribution in [1.29, 1.82) is 5.26 Å². The van der Waals surface area contributed by atoms with Gasteiger partial charge in [0.05, 0.1) is 11.8 Å². The Morgan fingerprint density at radius 3 is 2.73 bits per heavy atom. The highest BCUT2D eigenvalue weighted by Gasteiger charge is 2.25. The van der Waals surface area contributed by atoms with E-state index in [2.05, 4.69) is 11.1 Å². The summed E-state index contributed by atoms with van der Waals surface area (Å²) in [6.07, 6.45) is 3.43. The Balaban J connectivity index is 2.11. The van der Waals surface area contributed by atoms with Gasteiger partial charge in [-0.1, -0.05) is 24.3 Å². The third kappa shape index (κ3) is 2.27. The zero-order valence-electron chi connectivity index (χ0n) is 12.2. The Morgan fingerprint density at radius 1 is 1.27 bits per heavy atom. The fourth-order valence-electron chi connectivity index (χ4n) is 2.67. The number of nitrogens with zero attached hydrogens (tertiary/aromatic N) is 3. The number of para-hydroxylation sites is 1. The molecule has 4 heteroatoms. The number of hydrogen-bond acceptors (Lipinski definition) is 3. The SMILES string of the molecule is CCn1cc(C(=O)[C@H](C#N)c2ccccn2)c2ccccc21. The molecule has 0 aliphatic carbocycles. The summed E-state index contributed by atoms with van der Waals surface area (Å²) in [4.78, 5) is 17.0. The molecule has 0 amide bonds. The van der Waals surface area contributed by atoms with Crippen LogP contribution in [0.2, 0.25) is 0 Å². The van der Waals surface area contributed by atoms with E-state index >= 15 is 0 Å². The topological polar surface area (TPSA) is 58.7 Å². The molecule has 1 aromatic carbocycles. The number of ketones is 1. The molecule has 0 radical (unpaired) electrons. The summed E-state index contributed by atoms with van der Waals surface area (Å²) in [5.41, 5.74) is 2.07. The average Bonchev–Trinajstić information content (AvgIpc) is 2.95. The second-order valence-corrected chi connectivity index (χ2v) is 5.03. The van der Waals surface area contributed by atoms with Crippen molar-refractivity contribution >= 4 is 16.7 Å². The van der Waals surface area contributed by atoms with Gasteiger partial charge in [-0.05, 0) is 25.1 Å². The number of aromatic nitrogens is 2. The van der Waals surface area contributed by atoms with Crippen molar-refractivity contribution in [2.75, 3.05) is 0 Å². The first kappa shape index (κ1) is 14.0. The second kappa shape index (κ2) is 5.82. The van der Waals surface area contributed by atoms with Crippen LogP contribution in [0.3, 0.4) is 0 Å². The van der Waals surface area contributed by atoms with E-state index in [4.69, 9.17) is 0 Å². The first-order valence-electron chi connectivity index (χ1n) is 7.19. The quantitative estimate of drug-likeness (QED) is 0.690. The molecule has 0 bridgehead atoms. The van der Waals surface area contributed by atoms with E-state index in [9.17, 15) is 10.1 Å². The van der Waals surface area contributed by atoms with Crippen LogP contribution in [0.5, 0.6) is 0 Å². The molecule has 3 aromatic rings. The molecule has 4 nitrogen and oxygen atoms in total. The van der Waals surface area contributed by atoms with E-state index < -0.39 is 5.92 Å². The number of benzene rings is 1. The van der Waals surface area contributed by atoms with Gasteiger partial charge in [-0.2, -0.15) is 5.26 Å². The monoisotopic (exact) mass is 289 g/mol. The summed E-state index contributed by atoms with van der Waals surface area (Å²) in [7, 11) is 0. The lowest BCUT2D eigenvalue weighted by molar-refractivity contribution is 0.0979. The standard InChI is InChI=1S/C18H15N3O/c1-2-21-12-15(13-7-3-4-9-17(13)21)18(22)14(11-19)16-8-5-6-10-20-16/h3-10,12,14H,2H2,1H3/t14-/m1/s1. The van der Waals surface area contributed by atoms with Crippen LogP contribution in [-0.2, 0) is 6.54 Å². The molecule has 108 valence electrons. The summed E-state index contributed by atoms with van der Waals surface area (Å²) in [5, 5.41) is 10.3. The summed E-state index contributed by atoms with van der Waals surface area (Å²) in [6.45, 7) is 2.80.